The molecule has 0 aromatic carbocycles. The van der Waals surface area contributed by atoms with Crippen LogP contribution in [0.5, 0.6) is 0 Å². The van der Waals surface area contributed by atoms with Gasteiger partial charge in [0.05, 0.1) is 17.3 Å². The van der Waals surface area contributed by atoms with E-state index in [0.29, 0.717) is 35.6 Å². The Morgan fingerprint density at radius 3 is 2.62 bits per heavy atom. The summed E-state index contributed by atoms with van der Waals surface area (Å²) in [6.45, 7) is 4.93. The van der Waals surface area contributed by atoms with Crippen molar-refractivity contribution < 1.29 is 14.7 Å². The van der Waals surface area contributed by atoms with Crippen LogP contribution < -0.4 is 0 Å². The number of hydrogen-bond donors (Lipinski definition) is 1. The molecule has 0 saturated carbocycles. The Kier molecular flexibility index (Phi) is 5.80. The molecule has 1 aliphatic heterocycles. The second kappa shape index (κ2) is 8.55. The lowest BCUT2D eigenvalue weighted by Crippen LogP contribution is -2.32. The van der Waals surface area contributed by atoms with Crippen LogP contribution in [0.3, 0.4) is 0 Å². The molecular formula is C24H27N5O3. The minimum Gasteiger partial charge on any atom is -0.505 e. The first-order chi connectivity index (χ1) is 15.3. The van der Waals surface area contributed by atoms with Crippen molar-refractivity contribution in [3.8, 4) is 0 Å². The summed E-state index contributed by atoms with van der Waals surface area (Å²) in [6, 6.07) is 6.70. The number of aryl methyl sites for hydroxylation is 2. The van der Waals surface area contributed by atoms with Gasteiger partial charge in [-0.05, 0) is 64.2 Å². The van der Waals surface area contributed by atoms with E-state index in [0.717, 1.165) is 12.1 Å². The summed E-state index contributed by atoms with van der Waals surface area (Å²) >= 11 is 0. The van der Waals surface area contributed by atoms with Crippen LogP contribution in [0.1, 0.15) is 35.0 Å². The number of aromatic nitrogens is 3. The molecule has 8 nitrogen and oxygen atoms in total. The third-order valence-corrected chi connectivity index (χ3v) is 5.85. The SMILES string of the molecule is Cc1cccn2c(C)c(C(O)=C3C(=O)C(=O)N(CCCN(C)C)C3c3cccnc3)nc12. The van der Waals surface area contributed by atoms with E-state index in [4.69, 9.17) is 0 Å². The van der Waals surface area contributed by atoms with Gasteiger partial charge >= 0.3 is 0 Å². The van der Waals surface area contributed by atoms with Crippen LogP contribution in [-0.4, -0.2) is 68.2 Å². The summed E-state index contributed by atoms with van der Waals surface area (Å²) in [4.78, 5) is 38.5. The number of carbonyl (C=O) groups excluding carboxylic acids is 2. The Hall–Kier alpha value is -3.52. The molecule has 0 radical (unpaired) electrons. The van der Waals surface area contributed by atoms with Crippen LogP contribution in [-0.2, 0) is 9.59 Å². The van der Waals surface area contributed by atoms with Crippen molar-refractivity contribution in [3.63, 3.8) is 0 Å². The largest absolute Gasteiger partial charge is 0.505 e. The molecule has 1 atom stereocenters. The van der Waals surface area contributed by atoms with Crippen molar-refractivity contribution in [3.05, 3.63) is 70.9 Å². The zero-order valence-electron chi connectivity index (χ0n) is 18.7. The highest BCUT2D eigenvalue weighted by molar-refractivity contribution is 6.46. The molecule has 1 unspecified atom stereocenters. The third-order valence-electron chi connectivity index (χ3n) is 5.85. The number of likely N-dealkylation sites (tertiary alicyclic amines) is 1. The number of fused-ring (bicyclic) bond motifs is 1. The average molecular weight is 434 g/mol. The van der Waals surface area contributed by atoms with E-state index in [2.05, 4.69) is 9.97 Å². The Morgan fingerprint density at radius 1 is 1.19 bits per heavy atom. The number of carbonyl (C=O) groups is 2. The smallest absolute Gasteiger partial charge is 0.295 e. The highest BCUT2D eigenvalue weighted by atomic mass is 16.3. The molecule has 0 spiro atoms. The Bertz CT molecular complexity index is 1210. The standard InChI is InChI=1S/C24H27N5O3/c1-15-8-6-12-28-16(2)19(26-23(15)28)21(30)18-20(17-9-5-10-25-14-17)29(24(32)22(18)31)13-7-11-27(3)4/h5-6,8-10,12,14,20,30H,7,11,13H2,1-4H3. The second-order valence-corrected chi connectivity index (χ2v) is 8.37. The number of rotatable bonds is 6. The average Bonchev–Trinajstić information content (AvgIpc) is 3.24. The molecule has 8 heteroatoms. The summed E-state index contributed by atoms with van der Waals surface area (Å²) in [7, 11) is 3.92. The van der Waals surface area contributed by atoms with Gasteiger partial charge < -0.3 is 19.3 Å². The van der Waals surface area contributed by atoms with Gasteiger partial charge in [0.2, 0.25) is 0 Å². The van der Waals surface area contributed by atoms with E-state index in [1.165, 1.54) is 4.90 Å². The van der Waals surface area contributed by atoms with Crippen LogP contribution in [0.2, 0.25) is 0 Å². The van der Waals surface area contributed by atoms with Gasteiger partial charge in [0, 0.05) is 25.1 Å². The minimum absolute atomic E-state index is 0.0528. The predicted molar refractivity (Wildman–Crippen MR) is 121 cm³/mol. The van der Waals surface area contributed by atoms with Gasteiger partial charge in [0.1, 0.15) is 11.3 Å². The molecular weight excluding hydrogens is 406 g/mol. The maximum atomic E-state index is 13.1. The van der Waals surface area contributed by atoms with Crippen molar-refractivity contribution in [2.24, 2.45) is 0 Å². The highest BCUT2D eigenvalue weighted by Gasteiger charge is 2.46. The lowest BCUT2D eigenvalue weighted by molar-refractivity contribution is -0.139. The van der Waals surface area contributed by atoms with Gasteiger partial charge in [-0.15, -0.1) is 0 Å². The number of aliphatic hydroxyl groups excluding tert-OH is 1. The number of aliphatic hydroxyl groups is 1. The topological polar surface area (TPSA) is 91.0 Å². The van der Waals surface area contributed by atoms with E-state index >= 15 is 0 Å². The number of nitrogens with zero attached hydrogens (tertiary/aromatic N) is 5. The molecule has 4 rings (SSSR count). The molecule has 3 aromatic heterocycles. The Balaban J connectivity index is 1.86. The van der Waals surface area contributed by atoms with Crippen molar-refractivity contribution in [2.75, 3.05) is 27.2 Å². The van der Waals surface area contributed by atoms with Crippen LogP contribution in [0, 0.1) is 13.8 Å². The zero-order valence-corrected chi connectivity index (χ0v) is 18.7. The van der Waals surface area contributed by atoms with Crippen LogP contribution in [0.25, 0.3) is 11.4 Å². The van der Waals surface area contributed by atoms with Gasteiger partial charge in [0.25, 0.3) is 11.7 Å². The molecule has 3 aromatic rings. The van der Waals surface area contributed by atoms with E-state index in [-0.39, 0.29) is 11.3 Å². The zero-order chi connectivity index (χ0) is 23.0. The summed E-state index contributed by atoms with van der Waals surface area (Å²) < 4.78 is 1.87. The summed E-state index contributed by atoms with van der Waals surface area (Å²) in [6.07, 6.45) is 5.82. The molecule has 1 amide bonds. The normalized spacial score (nSPS) is 18.3. The number of Topliss-reactive ketones (excluding diaryl/α,β-unsaturated/α-hetero) is 1. The summed E-state index contributed by atoms with van der Waals surface area (Å²) in [5.74, 6) is -1.57. The van der Waals surface area contributed by atoms with Crippen molar-refractivity contribution in [1.29, 1.82) is 0 Å². The van der Waals surface area contributed by atoms with Crippen molar-refractivity contribution in [2.45, 2.75) is 26.3 Å². The molecule has 1 fully saturated rings. The fraction of sp³-hybridized carbons (Fsp3) is 0.333. The molecule has 0 bridgehead atoms. The molecule has 166 valence electrons. The minimum atomic E-state index is -0.712. The quantitative estimate of drug-likeness (QED) is 0.365. The third kappa shape index (κ3) is 3.67. The maximum absolute atomic E-state index is 13.1. The van der Waals surface area contributed by atoms with Crippen molar-refractivity contribution >= 4 is 23.1 Å². The molecule has 0 aliphatic carbocycles. The van der Waals surface area contributed by atoms with Crippen LogP contribution in [0.15, 0.2) is 48.4 Å². The monoisotopic (exact) mass is 433 g/mol. The van der Waals surface area contributed by atoms with Gasteiger partial charge in [-0.2, -0.15) is 0 Å². The van der Waals surface area contributed by atoms with E-state index in [9.17, 15) is 14.7 Å². The van der Waals surface area contributed by atoms with Crippen molar-refractivity contribution in [1.82, 2.24) is 24.2 Å². The van der Waals surface area contributed by atoms with E-state index in [1.54, 1.807) is 18.5 Å². The lowest BCUT2D eigenvalue weighted by atomic mass is 9.97. The van der Waals surface area contributed by atoms with Gasteiger partial charge in [0.15, 0.2) is 5.76 Å². The molecule has 4 heterocycles. The second-order valence-electron chi connectivity index (χ2n) is 8.37. The molecule has 1 saturated heterocycles. The fourth-order valence-corrected chi connectivity index (χ4v) is 4.23. The highest BCUT2D eigenvalue weighted by Crippen LogP contribution is 2.39. The maximum Gasteiger partial charge on any atom is 0.295 e. The number of amides is 1. The first kappa shape index (κ1) is 21.7. The molecule has 1 N–H and O–H groups in total. The number of hydrogen-bond acceptors (Lipinski definition) is 6. The van der Waals surface area contributed by atoms with Gasteiger partial charge in [-0.3, -0.25) is 14.6 Å². The fourth-order valence-electron chi connectivity index (χ4n) is 4.23. The number of imidazole rings is 1. The van der Waals surface area contributed by atoms with Gasteiger partial charge in [-0.25, -0.2) is 4.98 Å². The van der Waals surface area contributed by atoms with Gasteiger partial charge in [-0.1, -0.05) is 12.1 Å². The summed E-state index contributed by atoms with van der Waals surface area (Å²) in [5, 5.41) is 11.3. The van der Waals surface area contributed by atoms with E-state index < -0.39 is 17.7 Å². The lowest BCUT2D eigenvalue weighted by Gasteiger charge is -2.25. The first-order valence-corrected chi connectivity index (χ1v) is 10.6. The van der Waals surface area contributed by atoms with Crippen LogP contribution in [0.4, 0.5) is 0 Å². The van der Waals surface area contributed by atoms with E-state index in [1.807, 2.05) is 61.6 Å². The Morgan fingerprint density at radius 2 is 1.97 bits per heavy atom. The Labute approximate surface area is 186 Å². The predicted octanol–water partition coefficient (Wildman–Crippen LogP) is 2.72. The number of ketones is 1. The first-order valence-electron chi connectivity index (χ1n) is 10.6. The summed E-state index contributed by atoms with van der Waals surface area (Å²) in [5.41, 5.74) is 3.38. The molecule has 1 aliphatic rings. The molecule has 32 heavy (non-hydrogen) atoms. The number of pyridine rings is 2. The van der Waals surface area contributed by atoms with Crippen LogP contribution >= 0.6 is 0 Å².